The molecule has 0 nitrogen and oxygen atoms in total. The molecule has 0 unspecified atom stereocenters. The molecule has 0 aliphatic heterocycles. The summed E-state index contributed by atoms with van der Waals surface area (Å²) in [5.74, 6) is 3.63. The van der Waals surface area contributed by atoms with Crippen LogP contribution in [0.3, 0.4) is 0 Å². The van der Waals surface area contributed by atoms with Gasteiger partial charge in [0.15, 0.2) is 0 Å². The quantitative estimate of drug-likeness (QED) is 0.523. The van der Waals surface area contributed by atoms with Crippen LogP contribution in [0.4, 0.5) is 4.39 Å². The van der Waals surface area contributed by atoms with Gasteiger partial charge < -0.3 is 0 Å². The molecule has 0 spiro atoms. The molecule has 0 radical (unpaired) electrons. The molecular formula is C18H31F. The minimum Gasteiger partial charge on any atom is -0.251 e. The van der Waals surface area contributed by atoms with Crippen molar-refractivity contribution in [1.82, 2.24) is 0 Å². The molecule has 0 aromatic carbocycles. The van der Waals surface area contributed by atoms with E-state index >= 15 is 0 Å². The summed E-state index contributed by atoms with van der Waals surface area (Å²) in [5, 5.41) is 0. The lowest BCUT2D eigenvalue weighted by Crippen LogP contribution is -2.26. The lowest BCUT2D eigenvalue weighted by Gasteiger charge is -2.37. The van der Waals surface area contributed by atoms with Gasteiger partial charge in [-0.05, 0) is 68.6 Å². The van der Waals surface area contributed by atoms with Crippen LogP contribution in [0.15, 0.2) is 12.7 Å². The fourth-order valence-electron chi connectivity index (χ4n) is 4.40. The van der Waals surface area contributed by atoms with Crippen molar-refractivity contribution in [2.45, 2.75) is 70.6 Å². The van der Waals surface area contributed by atoms with E-state index < -0.39 is 0 Å². The van der Waals surface area contributed by atoms with E-state index in [1.54, 1.807) is 0 Å². The van der Waals surface area contributed by atoms with Gasteiger partial charge in [-0.1, -0.05) is 31.8 Å². The first kappa shape index (κ1) is 15.1. The van der Waals surface area contributed by atoms with E-state index in [0.717, 1.165) is 24.2 Å². The molecule has 0 atom stereocenters. The summed E-state index contributed by atoms with van der Waals surface area (Å²) >= 11 is 0. The average molecular weight is 266 g/mol. The lowest BCUT2D eigenvalue weighted by atomic mass is 9.68. The number of hydrogen-bond donors (Lipinski definition) is 0. The van der Waals surface area contributed by atoms with Crippen LogP contribution in [0.2, 0.25) is 0 Å². The van der Waals surface area contributed by atoms with Crippen molar-refractivity contribution >= 4 is 0 Å². The highest BCUT2D eigenvalue weighted by Crippen LogP contribution is 2.42. The van der Waals surface area contributed by atoms with Crippen molar-refractivity contribution in [2.75, 3.05) is 6.67 Å². The summed E-state index contributed by atoms with van der Waals surface area (Å²) in [6.45, 7) is 3.72. The Labute approximate surface area is 118 Å². The predicted molar refractivity (Wildman–Crippen MR) is 80.9 cm³/mol. The molecule has 2 aliphatic carbocycles. The Morgan fingerprint density at radius 1 is 0.789 bits per heavy atom. The molecule has 0 amide bonds. The summed E-state index contributed by atoms with van der Waals surface area (Å²) in [6.07, 6.45) is 16.6. The van der Waals surface area contributed by atoms with E-state index in [1.807, 2.05) is 0 Å². The lowest BCUT2D eigenvalue weighted by molar-refractivity contribution is 0.139. The molecule has 1 heteroatoms. The van der Waals surface area contributed by atoms with Crippen molar-refractivity contribution in [3.8, 4) is 0 Å². The highest BCUT2D eigenvalue weighted by molar-refractivity contribution is 4.82. The zero-order valence-corrected chi connectivity index (χ0v) is 12.5. The molecule has 0 bridgehead atoms. The second-order valence-electron chi connectivity index (χ2n) is 6.91. The van der Waals surface area contributed by atoms with Crippen LogP contribution in [0.5, 0.6) is 0 Å². The highest BCUT2D eigenvalue weighted by Gasteiger charge is 2.30. The van der Waals surface area contributed by atoms with Crippen molar-refractivity contribution in [1.29, 1.82) is 0 Å². The van der Waals surface area contributed by atoms with E-state index in [4.69, 9.17) is 0 Å². The molecule has 2 saturated carbocycles. The first-order valence-electron chi connectivity index (χ1n) is 8.50. The number of allylic oxidation sites excluding steroid dienone is 1. The van der Waals surface area contributed by atoms with Crippen LogP contribution in [0.25, 0.3) is 0 Å². The van der Waals surface area contributed by atoms with E-state index in [9.17, 15) is 4.39 Å². The Bertz CT molecular complexity index is 244. The average Bonchev–Trinajstić information content (AvgIpc) is 2.47. The van der Waals surface area contributed by atoms with Gasteiger partial charge in [0.2, 0.25) is 0 Å². The third-order valence-corrected chi connectivity index (χ3v) is 5.75. The van der Waals surface area contributed by atoms with Crippen LogP contribution in [0.1, 0.15) is 70.6 Å². The Kier molecular flexibility index (Phi) is 6.40. The van der Waals surface area contributed by atoms with Gasteiger partial charge in [-0.2, -0.15) is 0 Å². The van der Waals surface area contributed by atoms with Gasteiger partial charge in [-0.25, -0.2) is 0 Å². The molecule has 2 rings (SSSR count). The SMILES string of the molecule is C=CCCC1CCC(C2CCC(CCF)CC2)CC1. The molecular weight excluding hydrogens is 235 g/mol. The second kappa shape index (κ2) is 8.07. The van der Waals surface area contributed by atoms with Gasteiger partial charge >= 0.3 is 0 Å². The summed E-state index contributed by atoms with van der Waals surface area (Å²) in [7, 11) is 0. The Morgan fingerprint density at radius 2 is 1.26 bits per heavy atom. The fraction of sp³-hybridized carbons (Fsp3) is 0.889. The maximum atomic E-state index is 12.4. The standard InChI is InChI=1S/C18H31F/c1-2-3-4-15-5-9-17(10-6-15)18-11-7-16(8-12-18)13-14-19/h2,15-18H,1,3-14H2. The summed E-state index contributed by atoms with van der Waals surface area (Å²) in [5.41, 5.74) is 0. The van der Waals surface area contributed by atoms with E-state index in [0.29, 0.717) is 5.92 Å². The Morgan fingerprint density at radius 3 is 1.68 bits per heavy atom. The van der Waals surface area contributed by atoms with Gasteiger partial charge in [-0.15, -0.1) is 6.58 Å². The summed E-state index contributed by atoms with van der Waals surface area (Å²) < 4.78 is 12.4. The molecule has 0 N–H and O–H groups in total. The van der Waals surface area contributed by atoms with Gasteiger partial charge in [0.1, 0.15) is 0 Å². The maximum Gasteiger partial charge on any atom is 0.0897 e. The van der Waals surface area contributed by atoms with Gasteiger partial charge in [0.05, 0.1) is 6.67 Å². The van der Waals surface area contributed by atoms with Crippen LogP contribution in [0, 0.1) is 23.7 Å². The maximum absolute atomic E-state index is 12.4. The Balaban J connectivity index is 1.66. The van der Waals surface area contributed by atoms with Crippen LogP contribution >= 0.6 is 0 Å². The van der Waals surface area contributed by atoms with Crippen LogP contribution in [-0.2, 0) is 0 Å². The third kappa shape index (κ3) is 4.61. The molecule has 0 aromatic rings. The van der Waals surface area contributed by atoms with Crippen molar-refractivity contribution < 1.29 is 4.39 Å². The smallest absolute Gasteiger partial charge is 0.0897 e. The largest absolute Gasteiger partial charge is 0.251 e. The van der Waals surface area contributed by atoms with E-state index in [-0.39, 0.29) is 6.67 Å². The first-order chi connectivity index (χ1) is 9.33. The zero-order valence-electron chi connectivity index (χ0n) is 12.5. The van der Waals surface area contributed by atoms with Crippen LogP contribution < -0.4 is 0 Å². The minimum absolute atomic E-state index is 0.107. The Hall–Kier alpha value is -0.330. The molecule has 2 fully saturated rings. The molecule has 2 aliphatic rings. The molecule has 19 heavy (non-hydrogen) atoms. The van der Waals surface area contributed by atoms with Crippen molar-refractivity contribution in [3.63, 3.8) is 0 Å². The summed E-state index contributed by atoms with van der Waals surface area (Å²) in [4.78, 5) is 0. The third-order valence-electron chi connectivity index (χ3n) is 5.75. The van der Waals surface area contributed by atoms with Gasteiger partial charge in [0.25, 0.3) is 0 Å². The number of alkyl halides is 1. The van der Waals surface area contributed by atoms with Crippen LogP contribution in [-0.4, -0.2) is 6.67 Å². The van der Waals surface area contributed by atoms with Gasteiger partial charge in [-0.3, -0.25) is 4.39 Å². The van der Waals surface area contributed by atoms with E-state index in [2.05, 4.69) is 12.7 Å². The van der Waals surface area contributed by atoms with Gasteiger partial charge in [0, 0.05) is 0 Å². The molecule has 0 aromatic heterocycles. The van der Waals surface area contributed by atoms with Crippen molar-refractivity contribution in [2.24, 2.45) is 23.7 Å². The van der Waals surface area contributed by atoms with E-state index in [1.165, 1.54) is 64.2 Å². The summed E-state index contributed by atoms with van der Waals surface area (Å²) in [6, 6.07) is 0. The fourth-order valence-corrected chi connectivity index (χ4v) is 4.40. The number of rotatable bonds is 6. The topological polar surface area (TPSA) is 0 Å². The normalized spacial score (nSPS) is 36.1. The predicted octanol–water partition coefficient (Wildman–Crippen LogP) is 5.93. The molecule has 110 valence electrons. The highest BCUT2D eigenvalue weighted by atomic mass is 19.1. The second-order valence-corrected chi connectivity index (χ2v) is 6.91. The molecule has 0 saturated heterocycles. The molecule has 0 heterocycles. The minimum atomic E-state index is -0.107. The zero-order chi connectivity index (χ0) is 13.5. The number of halogens is 1. The van der Waals surface area contributed by atoms with Crippen molar-refractivity contribution in [3.05, 3.63) is 12.7 Å². The first-order valence-corrected chi connectivity index (χ1v) is 8.50. The monoisotopic (exact) mass is 266 g/mol. The number of hydrogen-bond acceptors (Lipinski definition) is 0.